The molecule has 0 saturated heterocycles. The minimum atomic E-state index is -0.806. The smallest absolute Gasteiger partial charge is 0.312 e. The number of hydrogen-bond donors (Lipinski definition) is 2. The third-order valence-corrected chi connectivity index (χ3v) is 4.09. The molecule has 2 aromatic carbocycles. The van der Waals surface area contributed by atoms with Crippen LogP contribution in [0.2, 0.25) is 10.0 Å². The highest BCUT2D eigenvalue weighted by Gasteiger charge is 2.21. The lowest BCUT2D eigenvalue weighted by atomic mass is 10.0. The van der Waals surface area contributed by atoms with Gasteiger partial charge in [-0.3, -0.25) is 9.59 Å². The molecule has 26 heavy (non-hydrogen) atoms. The predicted octanol–water partition coefficient (Wildman–Crippen LogP) is 3.52. The number of hydrogen-bond acceptors (Lipinski definition) is 4. The Bertz CT molecular complexity index is 809. The van der Waals surface area contributed by atoms with E-state index in [-0.39, 0.29) is 12.2 Å². The van der Waals surface area contributed by atoms with E-state index in [0.717, 1.165) is 0 Å². The van der Waals surface area contributed by atoms with Gasteiger partial charge in [0.05, 0.1) is 12.5 Å². The highest BCUT2D eigenvalue weighted by molar-refractivity contribution is 6.31. The summed E-state index contributed by atoms with van der Waals surface area (Å²) in [6.07, 6.45) is -0.222. The van der Waals surface area contributed by atoms with Gasteiger partial charge in [-0.05, 0) is 35.9 Å². The number of primary amides is 1. The molecule has 0 aliphatic rings. The van der Waals surface area contributed by atoms with Crippen molar-refractivity contribution in [2.45, 2.75) is 12.5 Å². The predicted molar refractivity (Wildman–Crippen MR) is 98.3 cm³/mol. The lowest BCUT2D eigenvalue weighted by molar-refractivity contribution is -0.143. The lowest BCUT2D eigenvalue weighted by Crippen LogP contribution is -2.35. The van der Waals surface area contributed by atoms with Crippen molar-refractivity contribution < 1.29 is 19.1 Å². The first-order valence-electron chi connectivity index (χ1n) is 7.61. The molecule has 8 heteroatoms. The van der Waals surface area contributed by atoms with Crippen molar-refractivity contribution in [3.8, 4) is 0 Å². The molecule has 2 amide bonds. The normalized spacial score (nSPS) is 11.5. The van der Waals surface area contributed by atoms with Gasteiger partial charge in [0.25, 0.3) is 0 Å². The topological polar surface area (TPSA) is 98.5 Å². The van der Waals surface area contributed by atoms with E-state index >= 15 is 0 Å². The zero-order chi connectivity index (χ0) is 19.1. The molecule has 136 valence electrons. The average Bonchev–Trinajstić information content (AvgIpc) is 2.60. The van der Waals surface area contributed by atoms with Gasteiger partial charge in [-0.1, -0.05) is 41.4 Å². The highest BCUT2D eigenvalue weighted by Crippen LogP contribution is 2.25. The summed E-state index contributed by atoms with van der Waals surface area (Å²) in [7, 11) is 0. The van der Waals surface area contributed by atoms with E-state index in [1.54, 1.807) is 48.5 Å². The third-order valence-electron chi connectivity index (χ3n) is 3.50. The number of ketones is 1. The van der Waals surface area contributed by atoms with Gasteiger partial charge in [0.1, 0.15) is 0 Å². The number of esters is 1. The summed E-state index contributed by atoms with van der Waals surface area (Å²) in [5.74, 6) is -1.04. The van der Waals surface area contributed by atoms with E-state index < -0.39 is 24.6 Å². The SMILES string of the molecule is NC(=O)NC(CC(=O)OCC(=O)c1ccc(Cl)cc1)c1ccccc1Cl. The number of amides is 2. The van der Waals surface area contributed by atoms with Crippen LogP contribution in [0, 0.1) is 0 Å². The molecule has 0 saturated carbocycles. The number of halogens is 2. The Morgan fingerprint density at radius 2 is 1.69 bits per heavy atom. The van der Waals surface area contributed by atoms with Gasteiger partial charge in [-0.15, -0.1) is 0 Å². The molecule has 1 unspecified atom stereocenters. The maximum absolute atomic E-state index is 12.1. The van der Waals surface area contributed by atoms with Crippen LogP contribution in [-0.2, 0) is 9.53 Å². The molecule has 6 nitrogen and oxygen atoms in total. The van der Waals surface area contributed by atoms with E-state index in [0.29, 0.717) is 21.2 Å². The fraction of sp³-hybridized carbons (Fsp3) is 0.167. The second-order valence-corrected chi connectivity index (χ2v) is 6.22. The summed E-state index contributed by atoms with van der Waals surface area (Å²) in [5.41, 5.74) is 6.05. The Hall–Kier alpha value is -2.57. The fourth-order valence-electron chi connectivity index (χ4n) is 2.26. The van der Waals surface area contributed by atoms with Gasteiger partial charge < -0.3 is 15.8 Å². The van der Waals surface area contributed by atoms with Crippen molar-refractivity contribution in [1.82, 2.24) is 5.32 Å². The Kier molecular flexibility index (Phi) is 7.00. The van der Waals surface area contributed by atoms with E-state index in [9.17, 15) is 14.4 Å². The maximum Gasteiger partial charge on any atom is 0.312 e. The number of nitrogens with two attached hydrogens (primary N) is 1. The molecule has 0 radical (unpaired) electrons. The minimum Gasteiger partial charge on any atom is -0.457 e. The van der Waals surface area contributed by atoms with Crippen LogP contribution in [0.1, 0.15) is 28.4 Å². The van der Waals surface area contributed by atoms with Crippen molar-refractivity contribution in [3.63, 3.8) is 0 Å². The molecule has 0 spiro atoms. The average molecular weight is 395 g/mol. The van der Waals surface area contributed by atoms with E-state index in [1.165, 1.54) is 0 Å². The number of nitrogens with one attached hydrogen (secondary N) is 1. The molecule has 2 rings (SSSR count). The Morgan fingerprint density at radius 1 is 1.04 bits per heavy atom. The second kappa shape index (κ2) is 9.22. The first-order chi connectivity index (χ1) is 12.4. The van der Waals surface area contributed by atoms with E-state index in [4.69, 9.17) is 33.7 Å². The molecule has 1 atom stereocenters. The van der Waals surface area contributed by atoms with Crippen molar-refractivity contribution in [1.29, 1.82) is 0 Å². The third kappa shape index (κ3) is 5.75. The fourth-order valence-corrected chi connectivity index (χ4v) is 2.65. The highest BCUT2D eigenvalue weighted by atomic mass is 35.5. The van der Waals surface area contributed by atoms with Crippen molar-refractivity contribution in [2.24, 2.45) is 5.73 Å². The zero-order valence-corrected chi connectivity index (χ0v) is 15.1. The molecular formula is C18H16Cl2N2O4. The van der Waals surface area contributed by atoms with Crippen molar-refractivity contribution >= 4 is 41.0 Å². The van der Waals surface area contributed by atoms with E-state index in [2.05, 4.69) is 5.32 Å². The summed E-state index contributed by atoms with van der Waals surface area (Å²) in [6, 6.07) is 11.4. The van der Waals surface area contributed by atoms with Crippen molar-refractivity contribution in [3.05, 3.63) is 69.7 Å². The van der Waals surface area contributed by atoms with Crippen molar-refractivity contribution in [2.75, 3.05) is 6.61 Å². The summed E-state index contributed by atoms with van der Waals surface area (Å²) >= 11 is 11.9. The molecule has 2 aromatic rings. The van der Waals surface area contributed by atoms with Gasteiger partial charge in [0.2, 0.25) is 0 Å². The quantitative estimate of drug-likeness (QED) is 0.554. The molecule has 3 N–H and O–H groups in total. The first kappa shape index (κ1) is 19.8. The second-order valence-electron chi connectivity index (χ2n) is 5.38. The van der Waals surface area contributed by atoms with Crippen LogP contribution in [0.4, 0.5) is 4.79 Å². The summed E-state index contributed by atoms with van der Waals surface area (Å²) < 4.78 is 5.01. The van der Waals surface area contributed by atoms with Gasteiger partial charge in [-0.2, -0.15) is 0 Å². The molecule has 0 aliphatic carbocycles. The summed E-state index contributed by atoms with van der Waals surface area (Å²) in [6.45, 7) is -0.424. The number of urea groups is 1. The van der Waals surface area contributed by atoms with Gasteiger partial charge in [-0.25, -0.2) is 4.79 Å². The van der Waals surface area contributed by atoms with E-state index in [1.807, 2.05) is 0 Å². The first-order valence-corrected chi connectivity index (χ1v) is 8.37. The Morgan fingerprint density at radius 3 is 2.31 bits per heavy atom. The van der Waals surface area contributed by atoms with Crippen LogP contribution >= 0.6 is 23.2 Å². The molecule has 0 aliphatic heterocycles. The van der Waals surface area contributed by atoms with Crippen LogP contribution in [0.3, 0.4) is 0 Å². The molecule has 0 aromatic heterocycles. The zero-order valence-electron chi connectivity index (χ0n) is 13.6. The summed E-state index contributed by atoms with van der Waals surface area (Å²) in [5, 5.41) is 3.32. The lowest BCUT2D eigenvalue weighted by Gasteiger charge is -2.18. The van der Waals surface area contributed by atoms with Crippen LogP contribution in [0.25, 0.3) is 0 Å². The van der Waals surface area contributed by atoms with Gasteiger partial charge >= 0.3 is 12.0 Å². The summed E-state index contributed by atoms with van der Waals surface area (Å²) in [4.78, 5) is 35.3. The monoisotopic (exact) mass is 394 g/mol. The Labute approximate surface area is 160 Å². The molecule has 0 heterocycles. The molecule has 0 bridgehead atoms. The van der Waals surface area contributed by atoms with Gasteiger partial charge in [0, 0.05) is 15.6 Å². The van der Waals surface area contributed by atoms with Crippen LogP contribution < -0.4 is 11.1 Å². The number of carbonyl (C=O) groups excluding carboxylic acids is 3. The maximum atomic E-state index is 12.1. The number of carbonyl (C=O) groups is 3. The number of ether oxygens (including phenoxy) is 1. The largest absolute Gasteiger partial charge is 0.457 e. The van der Waals surface area contributed by atoms with Crippen LogP contribution in [0.5, 0.6) is 0 Å². The van der Waals surface area contributed by atoms with Crippen LogP contribution in [0.15, 0.2) is 48.5 Å². The number of rotatable bonds is 7. The minimum absolute atomic E-state index is 0.222. The number of Topliss-reactive ketones (excluding diaryl/α,β-unsaturated/α-hetero) is 1. The molecular weight excluding hydrogens is 379 g/mol. The van der Waals surface area contributed by atoms with Crippen LogP contribution in [-0.4, -0.2) is 24.4 Å². The number of benzene rings is 2. The van der Waals surface area contributed by atoms with Gasteiger partial charge in [0.15, 0.2) is 12.4 Å². The Balaban J connectivity index is 1.98. The molecule has 0 fully saturated rings. The standard InChI is InChI=1S/C18H16Cl2N2O4/c19-12-7-5-11(6-8-12)16(23)10-26-17(24)9-15(22-18(21)25)13-3-1-2-4-14(13)20/h1-8,15H,9-10H2,(H3,21,22,25).